The number of nitrogens with one attached hydrogen (secondary N) is 1. The van der Waals surface area contributed by atoms with Crippen molar-refractivity contribution in [2.24, 2.45) is 5.41 Å². The van der Waals surface area contributed by atoms with E-state index < -0.39 is 16.0 Å². The van der Waals surface area contributed by atoms with Crippen molar-refractivity contribution in [2.75, 3.05) is 6.54 Å². The molecule has 0 amide bonds. The summed E-state index contributed by atoms with van der Waals surface area (Å²) in [7, 11) is -3.66. The lowest BCUT2D eigenvalue weighted by molar-refractivity contribution is 0.0685. The van der Waals surface area contributed by atoms with Gasteiger partial charge in [-0.3, -0.25) is 0 Å². The van der Waals surface area contributed by atoms with E-state index in [9.17, 15) is 13.2 Å². The van der Waals surface area contributed by atoms with Gasteiger partial charge in [-0.2, -0.15) is 0 Å². The zero-order valence-electron chi connectivity index (χ0n) is 12.6. The highest BCUT2D eigenvalue weighted by molar-refractivity contribution is 7.89. The van der Waals surface area contributed by atoms with E-state index >= 15 is 0 Å². The van der Waals surface area contributed by atoms with Crippen LogP contribution in [0.1, 0.15) is 56.6 Å². The zero-order valence-corrected chi connectivity index (χ0v) is 13.4. The molecule has 21 heavy (non-hydrogen) atoms. The number of aromatic nitrogens is 1. The molecule has 1 fully saturated rings. The molecule has 1 aliphatic rings. The van der Waals surface area contributed by atoms with Gasteiger partial charge in [0.25, 0.3) is 0 Å². The fraction of sp³-hybridized carbons (Fsp3) is 0.643. The number of sulfonamides is 1. The number of nitrogens with zero attached hydrogens (tertiary/aromatic N) is 1. The van der Waals surface area contributed by atoms with E-state index in [1.807, 2.05) is 20.8 Å². The third-order valence-corrected chi connectivity index (χ3v) is 4.89. The summed E-state index contributed by atoms with van der Waals surface area (Å²) in [5.41, 5.74) is 0.0722. The van der Waals surface area contributed by atoms with Crippen molar-refractivity contribution in [1.29, 1.82) is 0 Å². The molecule has 0 bridgehead atoms. The van der Waals surface area contributed by atoms with Crippen molar-refractivity contribution < 1.29 is 18.3 Å². The number of rotatable bonds is 6. The fourth-order valence-corrected chi connectivity index (χ4v) is 3.13. The van der Waals surface area contributed by atoms with Crippen molar-refractivity contribution >= 4 is 16.0 Å². The summed E-state index contributed by atoms with van der Waals surface area (Å²) in [4.78, 5) is 11.2. The first-order valence-electron chi connectivity index (χ1n) is 7.05. The van der Waals surface area contributed by atoms with Gasteiger partial charge in [-0.25, -0.2) is 17.9 Å². The van der Waals surface area contributed by atoms with E-state index in [0.717, 1.165) is 12.8 Å². The Kier molecular flexibility index (Phi) is 4.17. The van der Waals surface area contributed by atoms with Gasteiger partial charge in [0.1, 0.15) is 10.6 Å². The second kappa shape index (κ2) is 5.46. The molecular weight excluding hydrogens is 292 g/mol. The molecule has 1 aliphatic carbocycles. The van der Waals surface area contributed by atoms with Crippen molar-refractivity contribution in [3.63, 3.8) is 0 Å². The monoisotopic (exact) mass is 314 g/mol. The predicted octanol–water partition coefficient (Wildman–Crippen LogP) is 2.24. The molecule has 2 rings (SSSR count). The highest BCUT2D eigenvalue weighted by Gasteiger charge is 2.30. The van der Waals surface area contributed by atoms with Crippen LogP contribution in [0.5, 0.6) is 0 Å². The normalized spacial score (nSPS) is 16.1. The van der Waals surface area contributed by atoms with Crippen molar-refractivity contribution in [2.45, 2.75) is 51.0 Å². The van der Waals surface area contributed by atoms with E-state index in [0.29, 0.717) is 13.0 Å². The van der Waals surface area contributed by atoms with Crippen LogP contribution in [0.25, 0.3) is 0 Å². The quantitative estimate of drug-likeness (QED) is 0.843. The highest BCUT2D eigenvalue weighted by atomic mass is 32.2. The Balaban J connectivity index is 2.16. The second-order valence-corrected chi connectivity index (χ2v) is 8.48. The average Bonchev–Trinajstić information content (AvgIpc) is 3.05. The van der Waals surface area contributed by atoms with E-state index in [1.54, 1.807) is 4.57 Å². The minimum atomic E-state index is -3.66. The summed E-state index contributed by atoms with van der Waals surface area (Å²) in [5, 5.41) is 9.17. The summed E-state index contributed by atoms with van der Waals surface area (Å²) in [6.07, 6.45) is 3.93. The molecule has 1 heterocycles. The van der Waals surface area contributed by atoms with Crippen LogP contribution in [0.15, 0.2) is 17.2 Å². The third kappa shape index (κ3) is 4.07. The van der Waals surface area contributed by atoms with Gasteiger partial charge in [-0.1, -0.05) is 20.8 Å². The molecule has 6 nitrogen and oxygen atoms in total. The lowest BCUT2D eigenvalue weighted by Crippen LogP contribution is -2.27. The Morgan fingerprint density at radius 2 is 2.05 bits per heavy atom. The topological polar surface area (TPSA) is 88.4 Å². The van der Waals surface area contributed by atoms with Crippen LogP contribution in [0.3, 0.4) is 0 Å². The van der Waals surface area contributed by atoms with Crippen LogP contribution < -0.4 is 4.72 Å². The molecule has 1 aromatic heterocycles. The Labute approximate surface area is 125 Å². The zero-order chi connectivity index (χ0) is 15.8. The van der Waals surface area contributed by atoms with Crippen molar-refractivity contribution in [3.8, 4) is 0 Å². The van der Waals surface area contributed by atoms with E-state index in [1.165, 1.54) is 12.3 Å². The van der Waals surface area contributed by atoms with Gasteiger partial charge in [0.05, 0.1) is 0 Å². The SMILES string of the molecule is CC(C)(C)CCNS(=O)(=O)c1cc(C(=O)O)n(C2CC2)c1. The maximum absolute atomic E-state index is 12.2. The molecule has 0 unspecified atom stereocenters. The molecule has 1 aromatic rings. The van der Waals surface area contributed by atoms with Crippen LogP contribution >= 0.6 is 0 Å². The Bertz CT molecular complexity index is 636. The number of carboxylic acid groups (broad SMARTS) is 1. The maximum Gasteiger partial charge on any atom is 0.352 e. The van der Waals surface area contributed by atoms with Crippen LogP contribution in [0.2, 0.25) is 0 Å². The summed E-state index contributed by atoms with van der Waals surface area (Å²) < 4.78 is 28.6. The van der Waals surface area contributed by atoms with E-state index in [2.05, 4.69) is 4.72 Å². The molecule has 2 N–H and O–H groups in total. The van der Waals surface area contributed by atoms with Gasteiger partial charge in [0.15, 0.2) is 0 Å². The molecule has 0 radical (unpaired) electrons. The Morgan fingerprint density at radius 3 is 2.52 bits per heavy atom. The van der Waals surface area contributed by atoms with Crippen LogP contribution in [0.4, 0.5) is 0 Å². The number of hydrogen-bond acceptors (Lipinski definition) is 3. The molecule has 0 aromatic carbocycles. The van der Waals surface area contributed by atoms with Crippen molar-refractivity contribution in [3.05, 3.63) is 18.0 Å². The first-order valence-corrected chi connectivity index (χ1v) is 8.53. The number of hydrogen-bond donors (Lipinski definition) is 2. The second-order valence-electron chi connectivity index (χ2n) is 6.71. The maximum atomic E-state index is 12.2. The minimum absolute atomic E-state index is 0.0284. The molecular formula is C14H22N2O4S. The van der Waals surface area contributed by atoms with Gasteiger partial charge in [0.2, 0.25) is 10.0 Å². The number of aromatic carboxylic acids is 1. The lowest BCUT2D eigenvalue weighted by atomic mass is 9.93. The summed E-state index contributed by atoms with van der Waals surface area (Å²) in [6, 6.07) is 1.36. The van der Waals surface area contributed by atoms with Crippen LogP contribution in [-0.2, 0) is 10.0 Å². The molecule has 0 saturated heterocycles. The van der Waals surface area contributed by atoms with Crippen molar-refractivity contribution in [1.82, 2.24) is 9.29 Å². The molecule has 0 atom stereocenters. The van der Waals surface area contributed by atoms with Gasteiger partial charge < -0.3 is 9.67 Å². The summed E-state index contributed by atoms with van der Waals surface area (Å²) >= 11 is 0. The van der Waals surface area contributed by atoms with Gasteiger partial charge >= 0.3 is 5.97 Å². The number of carbonyl (C=O) groups is 1. The molecule has 1 saturated carbocycles. The van der Waals surface area contributed by atoms with Crippen LogP contribution in [-0.4, -0.2) is 30.6 Å². The van der Waals surface area contributed by atoms with Gasteiger partial charge in [-0.05, 0) is 30.7 Å². The van der Waals surface area contributed by atoms with Gasteiger partial charge in [0, 0.05) is 18.8 Å². The summed E-state index contributed by atoms with van der Waals surface area (Å²) in [6.45, 7) is 6.44. The average molecular weight is 314 g/mol. The van der Waals surface area contributed by atoms with Crippen LogP contribution in [0, 0.1) is 5.41 Å². The van der Waals surface area contributed by atoms with E-state index in [-0.39, 0.29) is 22.0 Å². The predicted molar refractivity (Wildman–Crippen MR) is 78.9 cm³/mol. The lowest BCUT2D eigenvalue weighted by Gasteiger charge is -2.17. The highest BCUT2D eigenvalue weighted by Crippen LogP contribution is 2.37. The fourth-order valence-electron chi connectivity index (χ4n) is 2.07. The first kappa shape index (κ1) is 16.0. The summed E-state index contributed by atoms with van der Waals surface area (Å²) in [5.74, 6) is -1.10. The minimum Gasteiger partial charge on any atom is -0.477 e. The first-order chi connectivity index (χ1) is 9.60. The van der Waals surface area contributed by atoms with Gasteiger partial charge in [-0.15, -0.1) is 0 Å². The molecule has 0 spiro atoms. The third-order valence-electron chi connectivity index (χ3n) is 3.46. The molecule has 0 aliphatic heterocycles. The Morgan fingerprint density at radius 1 is 1.43 bits per heavy atom. The number of carboxylic acids is 1. The smallest absolute Gasteiger partial charge is 0.352 e. The largest absolute Gasteiger partial charge is 0.477 e. The Hall–Kier alpha value is -1.34. The van der Waals surface area contributed by atoms with E-state index in [4.69, 9.17) is 5.11 Å². The molecule has 7 heteroatoms. The molecule has 118 valence electrons. The standard InChI is InChI=1S/C14H22N2O4S/c1-14(2,3)6-7-15-21(19,20)11-8-12(13(17)18)16(9-11)10-4-5-10/h8-10,15H,4-7H2,1-3H3,(H,17,18).